The van der Waals surface area contributed by atoms with Gasteiger partial charge in [-0.1, -0.05) is 6.07 Å². The maximum absolute atomic E-state index is 12.2. The predicted molar refractivity (Wildman–Crippen MR) is 163 cm³/mol. The Morgan fingerprint density at radius 3 is 2.93 bits per heavy atom. The summed E-state index contributed by atoms with van der Waals surface area (Å²) in [7, 11) is 1.90. The van der Waals surface area contributed by atoms with Gasteiger partial charge in [0.25, 0.3) is 0 Å². The standard InChI is InChI=1S/C31H40N8O3/c1-22-27(9-6-14-32-22)42-20-19-39(16-4-3-8-24-11-10-23-7-5-15-33-28(23)36-24)18-13-26(31(40)41)37-29-25-12-17-38(2)30(25)35-21-34-29/h6,9-12,14,17,21,26H,3-5,7-8,13,15-16,18-20H2,1-2H3,(H,33,36)(H,40,41)(H,34,35,37). The molecule has 1 aliphatic heterocycles. The van der Waals surface area contributed by atoms with Gasteiger partial charge < -0.3 is 25.0 Å². The normalized spacial score (nSPS) is 13.5. The van der Waals surface area contributed by atoms with Crippen LogP contribution in [-0.2, 0) is 24.7 Å². The van der Waals surface area contributed by atoms with Crippen LogP contribution >= 0.6 is 0 Å². The Kier molecular flexibility index (Phi) is 9.81. The first-order chi connectivity index (χ1) is 20.5. The van der Waals surface area contributed by atoms with Crippen LogP contribution in [0, 0.1) is 6.92 Å². The lowest BCUT2D eigenvalue weighted by Crippen LogP contribution is -2.37. The molecule has 4 aromatic rings. The van der Waals surface area contributed by atoms with Gasteiger partial charge in [0.2, 0.25) is 0 Å². The summed E-state index contributed by atoms with van der Waals surface area (Å²) in [5.74, 6) is 1.42. The molecule has 0 fully saturated rings. The van der Waals surface area contributed by atoms with E-state index in [0.717, 1.165) is 79.2 Å². The third kappa shape index (κ3) is 7.52. The highest BCUT2D eigenvalue weighted by Crippen LogP contribution is 2.22. The molecule has 1 aliphatic rings. The summed E-state index contributed by atoms with van der Waals surface area (Å²) < 4.78 is 7.91. The molecule has 0 saturated carbocycles. The molecule has 5 rings (SSSR count). The fourth-order valence-electron chi connectivity index (χ4n) is 5.32. The van der Waals surface area contributed by atoms with Crippen LogP contribution in [0.2, 0.25) is 0 Å². The van der Waals surface area contributed by atoms with Crippen molar-refractivity contribution in [2.75, 3.05) is 43.4 Å². The molecule has 4 aromatic heterocycles. The van der Waals surface area contributed by atoms with Crippen LogP contribution in [0.4, 0.5) is 11.6 Å². The summed E-state index contributed by atoms with van der Waals surface area (Å²) in [6, 6.07) is 9.24. The monoisotopic (exact) mass is 572 g/mol. The van der Waals surface area contributed by atoms with Gasteiger partial charge in [-0.2, -0.15) is 0 Å². The van der Waals surface area contributed by atoms with Crippen LogP contribution in [-0.4, -0.2) is 79.3 Å². The zero-order chi connectivity index (χ0) is 29.3. The topological polar surface area (TPSA) is 130 Å². The molecule has 0 amide bonds. The highest BCUT2D eigenvalue weighted by molar-refractivity contribution is 5.89. The average molecular weight is 573 g/mol. The highest BCUT2D eigenvalue weighted by Gasteiger charge is 2.21. The lowest BCUT2D eigenvalue weighted by Gasteiger charge is -2.25. The van der Waals surface area contributed by atoms with Crippen LogP contribution in [0.1, 0.15) is 42.6 Å². The van der Waals surface area contributed by atoms with Gasteiger partial charge in [0.05, 0.1) is 11.1 Å². The number of aromatic nitrogens is 5. The number of carboxylic acids is 1. The Bertz CT molecular complexity index is 1490. The zero-order valence-electron chi connectivity index (χ0n) is 24.4. The first kappa shape index (κ1) is 29.2. The van der Waals surface area contributed by atoms with Crippen molar-refractivity contribution in [2.45, 2.75) is 51.5 Å². The number of nitrogens with one attached hydrogen (secondary N) is 2. The highest BCUT2D eigenvalue weighted by atomic mass is 16.5. The summed E-state index contributed by atoms with van der Waals surface area (Å²) in [6.45, 7) is 5.52. The lowest BCUT2D eigenvalue weighted by atomic mass is 10.1. The van der Waals surface area contributed by atoms with E-state index in [0.29, 0.717) is 31.9 Å². The number of rotatable bonds is 15. The number of carbonyl (C=O) groups is 1. The molecule has 0 saturated heterocycles. The molecule has 1 atom stereocenters. The smallest absolute Gasteiger partial charge is 0.326 e. The van der Waals surface area contributed by atoms with Gasteiger partial charge in [-0.15, -0.1) is 0 Å². The molecule has 3 N–H and O–H groups in total. The molecule has 1 unspecified atom stereocenters. The third-order valence-electron chi connectivity index (χ3n) is 7.74. The summed E-state index contributed by atoms with van der Waals surface area (Å²) in [5, 5.41) is 17.4. The minimum Gasteiger partial charge on any atom is -0.490 e. The quantitative estimate of drug-likeness (QED) is 0.179. The first-order valence-corrected chi connectivity index (χ1v) is 14.7. The molecular weight excluding hydrogens is 532 g/mol. The summed E-state index contributed by atoms with van der Waals surface area (Å²) >= 11 is 0. The molecule has 0 aliphatic carbocycles. The fourth-order valence-corrected chi connectivity index (χ4v) is 5.32. The average Bonchev–Trinajstić information content (AvgIpc) is 3.38. The van der Waals surface area contributed by atoms with Crippen molar-refractivity contribution in [3.63, 3.8) is 0 Å². The van der Waals surface area contributed by atoms with E-state index in [1.807, 2.05) is 42.9 Å². The van der Waals surface area contributed by atoms with Gasteiger partial charge in [-0.05, 0) is 81.8 Å². The largest absolute Gasteiger partial charge is 0.490 e. The Balaban J connectivity index is 1.18. The lowest BCUT2D eigenvalue weighted by molar-refractivity contribution is -0.138. The number of unbranched alkanes of at least 4 members (excludes halogenated alkanes) is 1. The number of anilines is 2. The van der Waals surface area contributed by atoms with Crippen LogP contribution in [0.25, 0.3) is 11.0 Å². The van der Waals surface area contributed by atoms with Gasteiger partial charge in [0, 0.05) is 44.8 Å². The summed E-state index contributed by atoms with van der Waals surface area (Å²) in [4.78, 5) is 32.3. The Hall–Kier alpha value is -4.25. The summed E-state index contributed by atoms with van der Waals surface area (Å²) in [6.07, 6.45) is 10.6. The van der Waals surface area contributed by atoms with Crippen LogP contribution in [0.5, 0.6) is 5.75 Å². The molecule has 0 aromatic carbocycles. The van der Waals surface area contributed by atoms with E-state index < -0.39 is 12.0 Å². The van der Waals surface area contributed by atoms with Crippen molar-refractivity contribution < 1.29 is 14.6 Å². The van der Waals surface area contributed by atoms with E-state index >= 15 is 0 Å². The maximum atomic E-state index is 12.2. The van der Waals surface area contributed by atoms with E-state index in [1.54, 1.807) is 6.20 Å². The van der Waals surface area contributed by atoms with E-state index in [1.165, 1.54) is 11.9 Å². The molecule has 5 heterocycles. The molecule has 11 heteroatoms. The number of nitrogens with zero attached hydrogens (tertiary/aromatic N) is 6. The van der Waals surface area contributed by atoms with Gasteiger partial charge in [-0.25, -0.2) is 19.7 Å². The zero-order valence-corrected chi connectivity index (χ0v) is 24.4. The maximum Gasteiger partial charge on any atom is 0.326 e. The Morgan fingerprint density at radius 2 is 2.07 bits per heavy atom. The van der Waals surface area contributed by atoms with E-state index in [4.69, 9.17) is 9.72 Å². The number of aryl methyl sites for hydroxylation is 4. The molecule has 222 valence electrons. The number of fused-ring (bicyclic) bond motifs is 2. The van der Waals surface area contributed by atoms with Crippen LogP contribution in [0.15, 0.2) is 49.1 Å². The van der Waals surface area contributed by atoms with Crippen molar-refractivity contribution in [1.29, 1.82) is 0 Å². The van der Waals surface area contributed by atoms with E-state index in [9.17, 15) is 9.90 Å². The van der Waals surface area contributed by atoms with E-state index in [2.05, 4.69) is 42.6 Å². The van der Waals surface area contributed by atoms with E-state index in [-0.39, 0.29) is 0 Å². The van der Waals surface area contributed by atoms with Gasteiger partial charge in [0.15, 0.2) is 0 Å². The number of hydrogen-bond acceptors (Lipinski definition) is 9. The van der Waals surface area contributed by atoms with Gasteiger partial charge in [0.1, 0.15) is 42.0 Å². The second kappa shape index (κ2) is 14.1. The van der Waals surface area contributed by atoms with Gasteiger partial charge >= 0.3 is 5.97 Å². The Labute approximate surface area is 246 Å². The number of ether oxygens (including phenoxy) is 1. The number of carboxylic acid groups (broad SMARTS) is 1. The minimum absolute atomic E-state index is 0.414. The molecule has 42 heavy (non-hydrogen) atoms. The van der Waals surface area contributed by atoms with Crippen molar-refractivity contribution in [3.8, 4) is 5.75 Å². The molecular formula is C31H40N8O3. The van der Waals surface area contributed by atoms with Crippen molar-refractivity contribution >= 4 is 28.6 Å². The summed E-state index contributed by atoms with van der Waals surface area (Å²) in [5.41, 5.74) is 4.02. The number of aliphatic carboxylic acids is 1. The molecule has 11 nitrogen and oxygen atoms in total. The SMILES string of the molecule is Cc1ncccc1OCCN(CCCCc1ccc2c(n1)NCCC2)CCC(Nc1ncnc2c1ccn2C)C(=O)O. The minimum atomic E-state index is -0.910. The second-order valence-electron chi connectivity index (χ2n) is 10.8. The van der Waals surface area contributed by atoms with Crippen molar-refractivity contribution in [2.24, 2.45) is 7.05 Å². The molecule has 0 spiro atoms. The predicted octanol–water partition coefficient (Wildman–Crippen LogP) is 4.08. The van der Waals surface area contributed by atoms with Crippen molar-refractivity contribution in [1.82, 2.24) is 29.4 Å². The fraction of sp³-hybridized carbons (Fsp3) is 0.452. The van der Waals surface area contributed by atoms with Crippen molar-refractivity contribution in [3.05, 3.63) is 66.0 Å². The number of hydrogen-bond donors (Lipinski definition) is 3. The molecule has 0 radical (unpaired) electrons. The third-order valence-corrected chi connectivity index (χ3v) is 7.74. The molecule has 0 bridgehead atoms. The Morgan fingerprint density at radius 1 is 1.17 bits per heavy atom. The van der Waals surface area contributed by atoms with Crippen LogP contribution in [0.3, 0.4) is 0 Å². The van der Waals surface area contributed by atoms with Gasteiger partial charge in [-0.3, -0.25) is 9.88 Å². The second-order valence-corrected chi connectivity index (χ2v) is 10.8. The first-order valence-electron chi connectivity index (χ1n) is 14.7. The van der Waals surface area contributed by atoms with Crippen LogP contribution < -0.4 is 15.4 Å². The number of pyridine rings is 2.